The first-order valence-electron chi connectivity index (χ1n) is 49.4. The lowest BCUT2D eigenvalue weighted by Gasteiger charge is -2.29. The molecule has 0 spiro atoms. The van der Waals surface area contributed by atoms with Crippen molar-refractivity contribution in [2.45, 2.75) is 226 Å². The second-order valence-electron chi connectivity index (χ2n) is 36.2. The van der Waals surface area contributed by atoms with Gasteiger partial charge in [0, 0.05) is 73.7 Å². The van der Waals surface area contributed by atoms with E-state index in [4.69, 9.17) is 22.9 Å². The summed E-state index contributed by atoms with van der Waals surface area (Å²) in [5.41, 5.74) is 28.5. The number of hydrogen-bond donors (Lipinski definition) is 27. The van der Waals surface area contributed by atoms with Gasteiger partial charge in [-0.1, -0.05) is 200 Å². The molecule has 45 heteroatoms. The summed E-state index contributed by atoms with van der Waals surface area (Å²) in [6.45, 7) is 3.89. The second kappa shape index (κ2) is 63.0. The van der Waals surface area contributed by atoms with Crippen molar-refractivity contribution in [2.24, 2.45) is 22.9 Å². The van der Waals surface area contributed by atoms with E-state index in [1.165, 1.54) is 6.92 Å². The van der Waals surface area contributed by atoms with Crippen LogP contribution in [-0.4, -0.2) is 280 Å². The van der Waals surface area contributed by atoms with E-state index in [0.717, 1.165) is 19.4 Å². The van der Waals surface area contributed by atoms with E-state index in [2.05, 4.69) is 121 Å². The molecule has 0 aliphatic carbocycles. The molecule has 0 unspecified atom stereocenters. The molecular weight excluding hydrogens is 1970 g/mol. The summed E-state index contributed by atoms with van der Waals surface area (Å²) in [5, 5.41) is 76.7. The Morgan fingerprint density at radius 1 is 0.320 bits per heavy atom. The van der Waals surface area contributed by atoms with Crippen LogP contribution in [0.25, 0.3) is 10.9 Å². The molecule has 18 atom stereocenters. The highest BCUT2D eigenvalue weighted by Gasteiger charge is 2.41. The van der Waals surface area contributed by atoms with Gasteiger partial charge in [0.05, 0.1) is 37.8 Å². The molecule has 29 N–H and O–H groups in total. The highest BCUT2D eigenvalue weighted by atomic mass is 32.1. The highest BCUT2D eigenvalue weighted by molar-refractivity contribution is 7.80. The molecule has 0 saturated heterocycles. The number of amides is 18. The lowest BCUT2D eigenvalue weighted by atomic mass is 10.00. The number of aromatic amines is 1. The third-order valence-corrected chi connectivity index (χ3v) is 25.0. The van der Waals surface area contributed by atoms with Crippen molar-refractivity contribution < 1.29 is 102 Å². The number of aliphatic hydroxyl groups is 3. The number of primary amides is 1. The quantitative estimate of drug-likeness (QED) is 0.0132. The van der Waals surface area contributed by atoms with E-state index in [-0.39, 0.29) is 102 Å². The summed E-state index contributed by atoms with van der Waals surface area (Å²) in [7, 11) is 0. The summed E-state index contributed by atoms with van der Waals surface area (Å²) < 4.78 is 0. The van der Waals surface area contributed by atoms with Crippen LogP contribution in [0.5, 0.6) is 0 Å². The molecule has 0 saturated carbocycles. The number of aliphatic hydroxyl groups excluding tert-OH is 3. The van der Waals surface area contributed by atoms with E-state index in [1.807, 2.05) is 18.2 Å². The normalized spacial score (nSPS) is 14.7. The van der Waals surface area contributed by atoms with Gasteiger partial charge in [0.1, 0.15) is 90.6 Å². The molecule has 1 heterocycles. The van der Waals surface area contributed by atoms with Gasteiger partial charge in [-0.05, 0) is 131 Å². The number of fused-ring (bicyclic) bond motifs is 1. The summed E-state index contributed by atoms with van der Waals surface area (Å²) >= 11 is 8.43. The minimum absolute atomic E-state index is 0.00769. The fraction of sp³-hybridized carbons (Fsp3) is 0.410. The van der Waals surface area contributed by atoms with Gasteiger partial charge in [-0.25, -0.2) is 0 Å². The zero-order chi connectivity index (χ0) is 109. The number of hydrogen-bond acceptors (Lipinski definition) is 26. The van der Waals surface area contributed by atoms with Crippen molar-refractivity contribution in [3.05, 3.63) is 251 Å². The zero-order valence-corrected chi connectivity index (χ0v) is 85.6. The first-order valence-corrected chi connectivity index (χ1v) is 50.7. The van der Waals surface area contributed by atoms with Crippen LogP contribution >= 0.6 is 25.3 Å². The monoisotopic (exact) mass is 2110 g/mol. The standard InChI is InChI=1S/C105H138N22O21S2/c1-5-110-92(135)84(59-149)125-102(145)83(58-128)124-105(148)89(63(4)130)127-101(144)80(53-69-40-22-11-23-41-69)123-104(147)88(62(3)129)126-94(137)75(45-27-29-47-107)115-99(142)81(54-70-56-111-73-43-25-24-42-71(70)73)121-98(141)79(52-68-38-20-10-21-39-68)119-97(140)78(51-67-36-18-9-19-37-67)120-100(143)82(55-86(109)131)122-93(136)74(44-26-28-46-106)116-103(146)85(60-150)114-87(132)57-112-90(133)61(2)113-95(138)76(49-65-32-14-7-15-33-65)118-96(139)77(50-66-34-16-8-17-35-66)117-91(134)72(108)48-64-30-12-6-13-31-64/h6-25,30-43,56,61-63,72,74-85,88-89,111,128-130,149-150H,5,26-29,44-55,57-60,106-108H2,1-4H3,(H2,109,131)(H,110,135)(H,112,133)(H,113,138)(H,114,132)(H,115,142)(H,116,146)(H,117,134)(H,118,139)(H,119,140)(H,120,143)(H,121,141)(H,122,136)(H,123,147)(H,124,148)(H,125,145)(H,126,137)(H,127,144)/t61-,62+,63+,72-,74-,75-,76-,77-,78-,79-,80-,81-,82-,83-,84-,85-,88-,89-/m0/s1. The molecule has 0 aliphatic rings. The van der Waals surface area contributed by atoms with E-state index >= 15 is 24.0 Å². The number of thiol groups is 2. The summed E-state index contributed by atoms with van der Waals surface area (Å²) in [4.78, 5) is 261. The van der Waals surface area contributed by atoms with E-state index in [1.54, 1.807) is 201 Å². The number of nitrogens with two attached hydrogens (primary N) is 4. The number of nitrogens with one attached hydrogen (secondary N) is 18. The van der Waals surface area contributed by atoms with E-state index < -0.39 is 241 Å². The van der Waals surface area contributed by atoms with Crippen LogP contribution in [0.1, 0.15) is 112 Å². The lowest BCUT2D eigenvalue weighted by molar-refractivity contribution is -0.138. The Balaban J connectivity index is 0.976. The topological polar surface area (TPSA) is 692 Å². The maximum atomic E-state index is 15.6. The Morgan fingerprint density at radius 3 is 1.00 bits per heavy atom. The highest BCUT2D eigenvalue weighted by Crippen LogP contribution is 2.22. The number of likely N-dealkylation sites (N-methyl/N-ethyl adjacent to an activating group) is 1. The van der Waals surface area contributed by atoms with Crippen molar-refractivity contribution in [3.63, 3.8) is 0 Å². The average molecular weight is 2110 g/mol. The molecule has 0 radical (unpaired) electrons. The third-order valence-electron chi connectivity index (χ3n) is 24.3. The van der Waals surface area contributed by atoms with Crippen molar-refractivity contribution in [1.82, 2.24) is 95.4 Å². The Bertz CT molecular complexity index is 5790. The number of aromatic nitrogens is 1. The maximum Gasteiger partial charge on any atom is 0.245 e. The Labute approximate surface area is 879 Å². The maximum absolute atomic E-state index is 15.6. The molecule has 18 amide bonds. The predicted molar refractivity (Wildman–Crippen MR) is 565 cm³/mol. The largest absolute Gasteiger partial charge is 0.394 e. The smallest absolute Gasteiger partial charge is 0.245 e. The molecule has 43 nitrogen and oxygen atoms in total. The van der Waals surface area contributed by atoms with Gasteiger partial charge in [-0.3, -0.25) is 86.3 Å². The first-order chi connectivity index (χ1) is 71.9. The van der Waals surface area contributed by atoms with Gasteiger partial charge in [0.25, 0.3) is 0 Å². The van der Waals surface area contributed by atoms with Gasteiger partial charge < -0.3 is 134 Å². The van der Waals surface area contributed by atoms with Crippen molar-refractivity contribution in [3.8, 4) is 0 Å². The Kier molecular flexibility index (Phi) is 50.5. The predicted octanol–water partition coefficient (Wildman–Crippen LogP) is -3.21. The van der Waals surface area contributed by atoms with Crippen LogP contribution in [0.3, 0.4) is 0 Å². The molecule has 806 valence electrons. The van der Waals surface area contributed by atoms with Crippen molar-refractivity contribution in [1.29, 1.82) is 0 Å². The number of rotatable bonds is 63. The SMILES string of the molecule is CCNC(=O)[C@H](CS)NC(=O)[C@H](CO)NC(=O)[C@@H](NC(=O)[C@H](Cc1ccccc1)NC(=O)[C@@H](NC(=O)[C@H](CCCCN)NC(=O)[C@H](Cc1c[nH]c2ccccc12)NC(=O)[C@H](Cc1ccccc1)NC(=O)[C@H](Cc1ccccc1)NC(=O)[C@H](CC(N)=O)NC(=O)[C@H](CCCCN)NC(=O)[C@H](CS)NC(=O)CNC(=O)[C@H](C)NC(=O)[C@H](Cc1ccccc1)NC(=O)[C@H](Cc1ccccc1)NC(=O)[C@@H](N)Cc1ccccc1)[C@@H](C)O)[C@@H](C)O. The van der Waals surface area contributed by atoms with Gasteiger partial charge in [-0.15, -0.1) is 0 Å². The minimum atomic E-state index is -1.93. The summed E-state index contributed by atoms with van der Waals surface area (Å²) in [6.07, 6.45) is -3.33. The van der Waals surface area contributed by atoms with Gasteiger partial charge in [-0.2, -0.15) is 25.3 Å². The number of carbonyl (C=O) groups is 18. The summed E-state index contributed by atoms with van der Waals surface area (Å²) in [5.74, 6) is -18.1. The average Bonchev–Trinajstić information content (AvgIpc) is 1.65. The van der Waals surface area contributed by atoms with Crippen LogP contribution < -0.4 is 113 Å². The number of H-pyrrole nitrogens is 1. The van der Waals surface area contributed by atoms with Crippen LogP contribution in [-0.2, 0) is 131 Å². The van der Waals surface area contributed by atoms with Crippen LogP contribution in [0.2, 0.25) is 0 Å². The lowest BCUT2D eigenvalue weighted by Crippen LogP contribution is -2.63. The molecule has 8 rings (SSSR count). The molecule has 0 bridgehead atoms. The fourth-order valence-electron chi connectivity index (χ4n) is 16.0. The molecule has 0 aliphatic heterocycles. The Hall–Kier alpha value is -15.0. The van der Waals surface area contributed by atoms with Crippen LogP contribution in [0.15, 0.2) is 212 Å². The molecular formula is C105H138N22O21S2. The second-order valence-corrected chi connectivity index (χ2v) is 36.9. The first kappa shape index (κ1) is 120. The van der Waals surface area contributed by atoms with Gasteiger partial charge >= 0.3 is 0 Å². The molecule has 8 aromatic rings. The van der Waals surface area contributed by atoms with Gasteiger partial charge in [0.2, 0.25) is 106 Å². The molecule has 1 aromatic heterocycles. The molecule has 7 aromatic carbocycles. The van der Waals surface area contributed by atoms with Crippen LogP contribution in [0, 0.1) is 0 Å². The molecule has 150 heavy (non-hydrogen) atoms. The van der Waals surface area contributed by atoms with E-state index in [9.17, 15) is 77.6 Å². The van der Waals surface area contributed by atoms with Crippen molar-refractivity contribution >= 4 is 142 Å². The zero-order valence-electron chi connectivity index (χ0n) is 83.8. The number of benzene rings is 7. The molecule has 0 fully saturated rings. The third kappa shape index (κ3) is 39.9. The van der Waals surface area contributed by atoms with E-state index in [0.29, 0.717) is 50.7 Å². The summed E-state index contributed by atoms with van der Waals surface area (Å²) in [6, 6.07) is 33.2. The number of para-hydroxylation sites is 1. The number of unbranched alkanes of at least 4 members (excludes halogenated alkanes) is 2. The number of carbonyl (C=O) groups excluding carboxylic acids is 18. The van der Waals surface area contributed by atoms with Gasteiger partial charge in [0.15, 0.2) is 0 Å². The Morgan fingerprint density at radius 2 is 0.620 bits per heavy atom. The fourth-order valence-corrected chi connectivity index (χ4v) is 16.6. The van der Waals surface area contributed by atoms with Crippen LogP contribution in [0.4, 0.5) is 0 Å². The van der Waals surface area contributed by atoms with Crippen molar-refractivity contribution in [2.75, 3.05) is 44.3 Å². The minimum Gasteiger partial charge on any atom is -0.394 e.